The average Bonchev–Trinajstić information content (AvgIpc) is 2.96. The van der Waals surface area contributed by atoms with E-state index < -0.39 is 6.04 Å². The van der Waals surface area contributed by atoms with Crippen LogP contribution in [-0.4, -0.2) is 34.8 Å². The lowest BCUT2D eigenvalue weighted by molar-refractivity contribution is -0.129. The zero-order chi connectivity index (χ0) is 19.9. The molecule has 6 heteroatoms. The molecular weight excluding hydrogens is 354 g/mol. The molecule has 1 aromatic carbocycles. The van der Waals surface area contributed by atoms with Gasteiger partial charge in [0, 0.05) is 12.5 Å². The molecule has 152 valence electrons. The van der Waals surface area contributed by atoms with Crippen LogP contribution >= 0.6 is 0 Å². The summed E-state index contributed by atoms with van der Waals surface area (Å²) in [6, 6.07) is 8.40. The second kappa shape index (κ2) is 9.71. The van der Waals surface area contributed by atoms with E-state index in [0.29, 0.717) is 6.42 Å². The molecule has 6 nitrogen and oxygen atoms in total. The Balaban J connectivity index is 1.50. The molecule has 3 rings (SSSR count). The smallest absolute Gasteiger partial charge is 0.325 e. The number of nitrogens with zero attached hydrogens (tertiary/aromatic N) is 1. The van der Waals surface area contributed by atoms with Gasteiger partial charge in [-0.15, -0.1) is 0 Å². The molecule has 2 fully saturated rings. The van der Waals surface area contributed by atoms with E-state index in [0.717, 1.165) is 31.2 Å². The number of hydrogen-bond acceptors (Lipinski definition) is 3. The Labute approximate surface area is 167 Å². The van der Waals surface area contributed by atoms with Crippen molar-refractivity contribution < 1.29 is 14.4 Å². The molecule has 4 amide bonds. The summed E-state index contributed by atoms with van der Waals surface area (Å²) in [6.45, 7) is 1.84. The fourth-order valence-corrected chi connectivity index (χ4v) is 4.17. The molecule has 28 heavy (non-hydrogen) atoms. The second-order valence-corrected chi connectivity index (χ2v) is 7.95. The number of imide groups is 1. The number of benzene rings is 1. The van der Waals surface area contributed by atoms with Gasteiger partial charge in [0.15, 0.2) is 0 Å². The molecule has 1 heterocycles. The van der Waals surface area contributed by atoms with E-state index in [1.165, 1.54) is 24.2 Å². The van der Waals surface area contributed by atoms with E-state index >= 15 is 0 Å². The molecule has 1 aromatic rings. The maximum absolute atomic E-state index is 12.7. The molecule has 1 aliphatic heterocycles. The van der Waals surface area contributed by atoms with Crippen LogP contribution in [0.4, 0.5) is 4.79 Å². The van der Waals surface area contributed by atoms with Crippen molar-refractivity contribution in [2.24, 2.45) is 0 Å². The van der Waals surface area contributed by atoms with E-state index in [9.17, 15) is 14.4 Å². The van der Waals surface area contributed by atoms with Crippen LogP contribution < -0.4 is 10.6 Å². The van der Waals surface area contributed by atoms with Gasteiger partial charge in [0.05, 0.1) is 6.04 Å². The molecular formula is C22H31N3O3. The van der Waals surface area contributed by atoms with Crippen LogP contribution in [0.5, 0.6) is 0 Å². The minimum absolute atomic E-state index is 0.0258. The number of amides is 4. The lowest BCUT2D eigenvalue weighted by Crippen LogP contribution is -2.37. The third-order valence-electron chi connectivity index (χ3n) is 5.85. The SMILES string of the molecule is C[C@@H](c1ccccc1)N1C(=O)N[C@@H](CCC(=O)NC2CCCCCCC2)C1=O. The van der Waals surface area contributed by atoms with Crippen LogP contribution in [0.25, 0.3) is 0 Å². The number of carbonyl (C=O) groups excluding carboxylic acids is 3. The number of urea groups is 1. The molecule has 2 atom stereocenters. The number of hydrogen-bond donors (Lipinski definition) is 2. The van der Waals surface area contributed by atoms with Crippen molar-refractivity contribution in [2.75, 3.05) is 0 Å². The van der Waals surface area contributed by atoms with Crippen LogP contribution in [0, 0.1) is 0 Å². The van der Waals surface area contributed by atoms with Gasteiger partial charge in [0.2, 0.25) is 5.91 Å². The lowest BCUT2D eigenvalue weighted by atomic mass is 9.96. The van der Waals surface area contributed by atoms with Crippen LogP contribution in [0.1, 0.15) is 76.3 Å². The first-order chi connectivity index (χ1) is 13.6. The van der Waals surface area contributed by atoms with E-state index in [2.05, 4.69) is 10.6 Å². The van der Waals surface area contributed by atoms with Crippen LogP contribution in [0.3, 0.4) is 0 Å². The minimum atomic E-state index is -0.623. The highest BCUT2D eigenvalue weighted by Gasteiger charge is 2.40. The Kier molecular flexibility index (Phi) is 7.06. The summed E-state index contributed by atoms with van der Waals surface area (Å²) in [6.07, 6.45) is 8.75. The fraction of sp³-hybridized carbons (Fsp3) is 0.591. The standard InChI is InChI=1S/C22H31N3O3/c1-16(17-10-6-5-7-11-17)25-21(27)19(24-22(25)28)14-15-20(26)23-18-12-8-3-2-4-9-13-18/h5-7,10-11,16,18-19H,2-4,8-9,12-15H2,1H3,(H,23,26)(H,24,28)/t16-,19-/m0/s1. The van der Waals surface area contributed by atoms with Crippen LogP contribution in [0.15, 0.2) is 30.3 Å². The normalized spacial score (nSPS) is 22.3. The Hall–Kier alpha value is -2.37. The summed E-state index contributed by atoms with van der Waals surface area (Å²) in [5.74, 6) is -0.276. The molecule has 0 bridgehead atoms. The fourth-order valence-electron chi connectivity index (χ4n) is 4.17. The van der Waals surface area contributed by atoms with Gasteiger partial charge >= 0.3 is 6.03 Å². The first kappa shape index (κ1) is 20.4. The third-order valence-corrected chi connectivity index (χ3v) is 5.85. The van der Waals surface area contributed by atoms with Gasteiger partial charge in [-0.25, -0.2) is 4.79 Å². The van der Waals surface area contributed by atoms with E-state index in [-0.39, 0.29) is 36.3 Å². The van der Waals surface area contributed by atoms with Crippen LogP contribution in [-0.2, 0) is 9.59 Å². The zero-order valence-electron chi connectivity index (χ0n) is 16.7. The summed E-state index contributed by atoms with van der Waals surface area (Å²) in [5, 5.41) is 5.86. The summed E-state index contributed by atoms with van der Waals surface area (Å²) in [7, 11) is 0. The molecule has 1 saturated carbocycles. The van der Waals surface area contributed by atoms with Gasteiger partial charge in [0.1, 0.15) is 6.04 Å². The molecule has 0 unspecified atom stereocenters. The summed E-state index contributed by atoms with van der Waals surface area (Å²) in [5.41, 5.74) is 0.911. The maximum Gasteiger partial charge on any atom is 0.325 e. The maximum atomic E-state index is 12.7. The monoisotopic (exact) mass is 385 g/mol. The number of rotatable bonds is 6. The van der Waals surface area contributed by atoms with Crippen molar-refractivity contribution in [3.8, 4) is 0 Å². The van der Waals surface area contributed by atoms with Crippen molar-refractivity contribution in [3.05, 3.63) is 35.9 Å². The third kappa shape index (κ3) is 5.12. The van der Waals surface area contributed by atoms with Gasteiger partial charge < -0.3 is 10.6 Å². The highest BCUT2D eigenvalue weighted by atomic mass is 16.2. The van der Waals surface area contributed by atoms with Crippen molar-refractivity contribution >= 4 is 17.8 Å². The molecule has 1 aliphatic carbocycles. The van der Waals surface area contributed by atoms with Crippen molar-refractivity contribution in [1.82, 2.24) is 15.5 Å². The first-order valence-electron chi connectivity index (χ1n) is 10.5. The first-order valence-corrected chi connectivity index (χ1v) is 10.5. The summed E-state index contributed by atoms with van der Waals surface area (Å²) in [4.78, 5) is 38.7. The van der Waals surface area contributed by atoms with Crippen molar-refractivity contribution in [1.29, 1.82) is 0 Å². The van der Waals surface area contributed by atoms with Crippen molar-refractivity contribution in [2.45, 2.75) is 82.8 Å². The predicted molar refractivity (Wildman–Crippen MR) is 108 cm³/mol. The average molecular weight is 386 g/mol. The van der Waals surface area contributed by atoms with E-state index in [4.69, 9.17) is 0 Å². The Morgan fingerprint density at radius 3 is 2.43 bits per heavy atom. The van der Waals surface area contributed by atoms with E-state index in [1.54, 1.807) is 0 Å². The molecule has 1 saturated heterocycles. The van der Waals surface area contributed by atoms with Crippen molar-refractivity contribution in [3.63, 3.8) is 0 Å². The quantitative estimate of drug-likeness (QED) is 0.733. The molecule has 2 N–H and O–H groups in total. The zero-order valence-corrected chi connectivity index (χ0v) is 16.7. The molecule has 0 radical (unpaired) electrons. The second-order valence-electron chi connectivity index (χ2n) is 7.95. The lowest BCUT2D eigenvalue weighted by Gasteiger charge is -2.22. The number of nitrogens with one attached hydrogen (secondary N) is 2. The van der Waals surface area contributed by atoms with Gasteiger partial charge in [-0.2, -0.15) is 0 Å². The minimum Gasteiger partial charge on any atom is -0.353 e. The Bertz CT molecular complexity index is 684. The Morgan fingerprint density at radius 1 is 1.11 bits per heavy atom. The van der Waals surface area contributed by atoms with Gasteiger partial charge in [0.25, 0.3) is 5.91 Å². The topological polar surface area (TPSA) is 78.5 Å². The molecule has 2 aliphatic rings. The van der Waals surface area contributed by atoms with Crippen LogP contribution in [0.2, 0.25) is 0 Å². The summed E-state index contributed by atoms with van der Waals surface area (Å²) < 4.78 is 0. The van der Waals surface area contributed by atoms with Gasteiger partial charge in [-0.05, 0) is 31.7 Å². The van der Waals surface area contributed by atoms with Gasteiger partial charge in [-0.1, -0.05) is 62.4 Å². The molecule has 0 aromatic heterocycles. The number of carbonyl (C=O) groups is 3. The highest BCUT2D eigenvalue weighted by molar-refractivity contribution is 6.04. The highest BCUT2D eigenvalue weighted by Crippen LogP contribution is 2.25. The predicted octanol–water partition coefficient (Wildman–Crippen LogP) is 3.68. The molecule has 0 spiro atoms. The largest absolute Gasteiger partial charge is 0.353 e. The Morgan fingerprint density at radius 2 is 1.75 bits per heavy atom. The van der Waals surface area contributed by atoms with E-state index in [1.807, 2.05) is 37.3 Å². The van der Waals surface area contributed by atoms with Gasteiger partial charge in [-0.3, -0.25) is 14.5 Å². The summed E-state index contributed by atoms with van der Waals surface area (Å²) >= 11 is 0.